The average Bonchev–Trinajstić information content (AvgIpc) is 3.42. The minimum Gasteiger partial charge on any atom is -0.396 e. The molecule has 1 N–H and O–H groups in total. The first-order valence-electron chi connectivity index (χ1n) is 11.9. The minimum atomic E-state index is -0.863. The Morgan fingerprint density at radius 3 is 2.58 bits per heavy atom. The van der Waals surface area contributed by atoms with E-state index in [2.05, 4.69) is 0 Å². The van der Waals surface area contributed by atoms with Gasteiger partial charge in [-0.1, -0.05) is 43.2 Å². The quantitative estimate of drug-likeness (QED) is 0.756. The summed E-state index contributed by atoms with van der Waals surface area (Å²) < 4.78 is 5.26. The number of rotatable bonds is 6. The van der Waals surface area contributed by atoms with Crippen molar-refractivity contribution in [2.45, 2.75) is 62.9 Å². The van der Waals surface area contributed by atoms with Crippen LogP contribution < -0.4 is 0 Å². The number of ether oxygens (including phenoxy) is 1. The van der Waals surface area contributed by atoms with Crippen LogP contribution >= 0.6 is 0 Å². The van der Waals surface area contributed by atoms with E-state index in [1.165, 1.54) is 0 Å². The van der Waals surface area contributed by atoms with Gasteiger partial charge in [0.1, 0.15) is 5.54 Å². The molecule has 0 bridgehead atoms. The van der Waals surface area contributed by atoms with Crippen LogP contribution in [-0.2, 0) is 14.3 Å². The SMILES string of the molecule is COCCN1CCCC[C@]2(C[C@H](CO)[C@H](c3ccccc3)N2C(=O)C2CCCC2)C1=O. The molecule has 31 heavy (non-hydrogen) atoms. The molecule has 1 aromatic rings. The number of hydrogen-bond donors (Lipinski definition) is 1. The van der Waals surface area contributed by atoms with Crippen LogP contribution in [0.15, 0.2) is 30.3 Å². The highest BCUT2D eigenvalue weighted by Gasteiger charge is 2.59. The Morgan fingerprint density at radius 1 is 1.16 bits per heavy atom. The third-order valence-corrected chi connectivity index (χ3v) is 7.62. The molecule has 2 amide bonds. The van der Waals surface area contributed by atoms with E-state index >= 15 is 0 Å². The van der Waals surface area contributed by atoms with Gasteiger partial charge in [-0.2, -0.15) is 0 Å². The van der Waals surface area contributed by atoms with Crippen LogP contribution in [0.3, 0.4) is 0 Å². The topological polar surface area (TPSA) is 70.1 Å². The summed E-state index contributed by atoms with van der Waals surface area (Å²) in [7, 11) is 1.65. The molecular formula is C25H36N2O4. The minimum absolute atomic E-state index is 0.0102. The van der Waals surface area contributed by atoms with E-state index in [1.807, 2.05) is 40.1 Å². The van der Waals surface area contributed by atoms with E-state index in [-0.39, 0.29) is 36.3 Å². The molecule has 170 valence electrons. The number of amides is 2. The van der Waals surface area contributed by atoms with Crippen molar-refractivity contribution in [3.05, 3.63) is 35.9 Å². The fourth-order valence-electron chi connectivity index (χ4n) is 6.12. The van der Waals surface area contributed by atoms with Gasteiger partial charge in [0.05, 0.1) is 12.6 Å². The molecule has 3 fully saturated rings. The lowest BCUT2D eigenvalue weighted by molar-refractivity contribution is -0.156. The molecule has 2 saturated heterocycles. The predicted octanol–water partition coefficient (Wildman–Crippen LogP) is 3.16. The lowest BCUT2D eigenvalue weighted by atomic mass is 9.85. The fourth-order valence-corrected chi connectivity index (χ4v) is 6.12. The molecule has 4 rings (SSSR count). The summed E-state index contributed by atoms with van der Waals surface area (Å²) in [5.74, 6) is 0.0117. The zero-order valence-electron chi connectivity index (χ0n) is 18.7. The van der Waals surface area contributed by atoms with Crippen molar-refractivity contribution in [1.29, 1.82) is 0 Å². The summed E-state index contributed by atoms with van der Waals surface area (Å²) in [6, 6.07) is 9.73. The van der Waals surface area contributed by atoms with E-state index in [9.17, 15) is 14.7 Å². The molecule has 3 atom stereocenters. The third-order valence-electron chi connectivity index (χ3n) is 7.62. The molecule has 6 nitrogen and oxygen atoms in total. The standard InChI is InChI=1S/C25H36N2O4/c1-31-16-15-26-14-8-7-13-25(24(26)30)17-21(18-28)22(19-9-3-2-4-10-19)27(25)23(29)20-11-5-6-12-20/h2-4,9-10,20-22,28H,5-8,11-18H2,1H3/t21-,22+,25+/m1/s1. The number of likely N-dealkylation sites (tertiary alicyclic amines) is 2. The van der Waals surface area contributed by atoms with Crippen molar-refractivity contribution >= 4 is 11.8 Å². The summed E-state index contributed by atoms with van der Waals surface area (Å²) in [5, 5.41) is 10.4. The van der Waals surface area contributed by atoms with Crippen molar-refractivity contribution < 1.29 is 19.4 Å². The van der Waals surface area contributed by atoms with Crippen molar-refractivity contribution in [2.24, 2.45) is 11.8 Å². The Balaban J connectivity index is 1.78. The average molecular weight is 429 g/mol. The van der Waals surface area contributed by atoms with Crippen molar-refractivity contribution in [3.63, 3.8) is 0 Å². The Morgan fingerprint density at radius 2 is 1.90 bits per heavy atom. The highest BCUT2D eigenvalue weighted by atomic mass is 16.5. The van der Waals surface area contributed by atoms with Gasteiger partial charge < -0.3 is 19.6 Å². The van der Waals surface area contributed by atoms with Gasteiger partial charge in [-0.05, 0) is 44.1 Å². The van der Waals surface area contributed by atoms with Crippen LogP contribution in [0.1, 0.15) is 63.0 Å². The number of methoxy groups -OCH3 is 1. The molecule has 1 aliphatic carbocycles. The normalized spacial score (nSPS) is 29.7. The second-order valence-corrected chi connectivity index (χ2v) is 9.47. The largest absolute Gasteiger partial charge is 0.396 e. The number of carbonyl (C=O) groups excluding carboxylic acids is 2. The molecule has 2 aliphatic heterocycles. The van der Waals surface area contributed by atoms with Gasteiger partial charge in [0.25, 0.3) is 0 Å². The number of aliphatic hydroxyl groups excluding tert-OH is 1. The smallest absolute Gasteiger partial charge is 0.248 e. The zero-order valence-corrected chi connectivity index (χ0v) is 18.7. The van der Waals surface area contributed by atoms with Gasteiger partial charge in [-0.3, -0.25) is 9.59 Å². The van der Waals surface area contributed by atoms with E-state index in [0.29, 0.717) is 32.5 Å². The molecule has 1 saturated carbocycles. The fraction of sp³-hybridized carbons (Fsp3) is 0.680. The second-order valence-electron chi connectivity index (χ2n) is 9.47. The first-order chi connectivity index (χ1) is 15.1. The number of benzene rings is 1. The molecular weight excluding hydrogens is 392 g/mol. The zero-order chi connectivity index (χ0) is 21.8. The molecule has 3 aliphatic rings. The highest BCUT2D eigenvalue weighted by molar-refractivity contribution is 5.93. The Bertz CT molecular complexity index is 764. The van der Waals surface area contributed by atoms with Gasteiger partial charge in [-0.15, -0.1) is 0 Å². The van der Waals surface area contributed by atoms with Crippen LogP contribution in [0.25, 0.3) is 0 Å². The number of aliphatic hydroxyl groups is 1. The molecule has 0 aromatic heterocycles. The number of carbonyl (C=O) groups is 2. The summed E-state index contributed by atoms with van der Waals surface area (Å²) in [5.41, 5.74) is 0.155. The van der Waals surface area contributed by atoms with Gasteiger partial charge in [0.15, 0.2) is 0 Å². The van der Waals surface area contributed by atoms with Gasteiger partial charge in [0.2, 0.25) is 11.8 Å². The molecule has 1 aromatic carbocycles. The van der Waals surface area contributed by atoms with E-state index in [4.69, 9.17) is 4.74 Å². The number of hydrogen-bond acceptors (Lipinski definition) is 4. The molecule has 2 heterocycles. The summed E-state index contributed by atoms with van der Waals surface area (Å²) >= 11 is 0. The summed E-state index contributed by atoms with van der Waals surface area (Å²) in [6.45, 7) is 1.71. The van der Waals surface area contributed by atoms with E-state index < -0.39 is 5.54 Å². The predicted molar refractivity (Wildman–Crippen MR) is 118 cm³/mol. The second kappa shape index (κ2) is 9.70. The molecule has 6 heteroatoms. The summed E-state index contributed by atoms with van der Waals surface area (Å²) in [6.07, 6.45) is 7.00. The maximum Gasteiger partial charge on any atom is 0.248 e. The molecule has 0 unspecified atom stereocenters. The van der Waals surface area contributed by atoms with Crippen molar-refractivity contribution in [1.82, 2.24) is 9.80 Å². The Labute approximate surface area is 185 Å². The Hall–Kier alpha value is -1.92. The van der Waals surface area contributed by atoms with Gasteiger partial charge >= 0.3 is 0 Å². The first-order valence-corrected chi connectivity index (χ1v) is 11.9. The molecule has 0 radical (unpaired) electrons. The summed E-state index contributed by atoms with van der Waals surface area (Å²) in [4.78, 5) is 31.9. The third kappa shape index (κ3) is 4.12. The van der Waals surface area contributed by atoms with Gasteiger partial charge in [-0.25, -0.2) is 0 Å². The Kier molecular flexibility index (Phi) is 6.97. The lowest BCUT2D eigenvalue weighted by Crippen LogP contribution is -2.59. The van der Waals surface area contributed by atoms with Crippen molar-refractivity contribution in [3.8, 4) is 0 Å². The molecule has 1 spiro atoms. The lowest BCUT2D eigenvalue weighted by Gasteiger charge is -2.43. The highest BCUT2D eigenvalue weighted by Crippen LogP contribution is 2.51. The first kappa shape index (κ1) is 22.3. The maximum atomic E-state index is 14.0. The van der Waals surface area contributed by atoms with Crippen LogP contribution in [-0.4, -0.2) is 65.7 Å². The number of nitrogens with zero attached hydrogens (tertiary/aromatic N) is 2. The van der Waals surface area contributed by atoms with Crippen LogP contribution in [0.4, 0.5) is 0 Å². The van der Waals surface area contributed by atoms with E-state index in [0.717, 1.165) is 44.1 Å². The monoisotopic (exact) mass is 428 g/mol. The van der Waals surface area contributed by atoms with Crippen molar-refractivity contribution in [2.75, 3.05) is 33.4 Å². The van der Waals surface area contributed by atoms with Gasteiger partial charge in [0, 0.05) is 38.6 Å². The van der Waals surface area contributed by atoms with Crippen LogP contribution in [0.5, 0.6) is 0 Å². The maximum absolute atomic E-state index is 14.0. The van der Waals surface area contributed by atoms with E-state index in [1.54, 1.807) is 7.11 Å². The van der Waals surface area contributed by atoms with Crippen LogP contribution in [0, 0.1) is 11.8 Å². The van der Waals surface area contributed by atoms with Crippen LogP contribution in [0.2, 0.25) is 0 Å².